The van der Waals surface area contributed by atoms with Gasteiger partial charge in [0.25, 0.3) is 0 Å². The zero-order valence-corrected chi connectivity index (χ0v) is 14.6. The number of hydrogen-bond donors (Lipinski definition) is 2. The lowest BCUT2D eigenvalue weighted by Crippen LogP contribution is -2.00. The van der Waals surface area contributed by atoms with Crippen molar-refractivity contribution in [3.8, 4) is 0 Å². The van der Waals surface area contributed by atoms with Crippen molar-refractivity contribution >= 4 is 55.5 Å². The molecule has 0 radical (unpaired) electrons. The number of fused-ring (bicyclic) bond motifs is 1. The minimum Gasteiger partial charge on any atom is -0.385 e. The molecule has 0 aliphatic rings. The Morgan fingerprint density at radius 3 is 2.64 bits per heavy atom. The summed E-state index contributed by atoms with van der Waals surface area (Å²) >= 11 is 9.57. The highest BCUT2D eigenvalue weighted by Gasteiger charge is 2.10. The largest absolute Gasteiger partial charge is 0.385 e. The molecule has 0 atom stereocenters. The lowest BCUT2D eigenvalue weighted by atomic mass is 10.1. The number of pyridine rings is 1. The first kappa shape index (κ1) is 15.1. The van der Waals surface area contributed by atoms with Gasteiger partial charge in [-0.1, -0.05) is 27.5 Å². The fourth-order valence-corrected chi connectivity index (χ4v) is 2.98. The molecule has 2 aromatic carbocycles. The number of halogens is 2. The third-order valence-corrected chi connectivity index (χ3v) is 4.28. The molecule has 5 heteroatoms. The Bertz CT molecular complexity index is 849. The van der Waals surface area contributed by atoms with E-state index >= 15 is 0 Å². The van der Waals surface area contributed by atoms with E-state index in [4.69, 9.17) is 11.6 Å². The second kappa shape index (κ2) is 6.15. The smallest absolute Gasteiger partial charge is 0.0770 e. The van der Waals surface area contributed by atoms with Gasteiger partial charge in [-0.2, -0.15) is 0 Å². The maximum absolute atomic E-state index is 6.04. The Morgan fingerprint density at radius 1 is 1.09 bits per heavy atom. The van der Waals surface area contributed by atoms with E-state index in [1.165, 1.54) is 0 Å². The van der Waals surface area contributed by atoms with Crippen molar-refractivity contribution in [2.45, 2.75) is 6.92 Å². The Labute approximate surface area is 142 Å². The number of nitrogens with one attached hydrogen (secondary N) is 2. The zero-order chi connectivity index (χ0) is 15.7. The molecule has 3 rings (SSSR count). The SMILES string of the molecule is CNc1cnc2ccc(Br)cc2c1Nc1ccc(Cl)cc1C. The Hall–Kier alpha value is -1.78. The molecule has 3 nitrogen and oxygen atoms in total. The van der Waals surface area contributed by atoms with Crippen LogP contribution in [-0.4, -0.2) is 12.0 Å². The topological polar surface area (TPSA) is 37.0 Å². The molecule has 0 saturated heterocycles. The van der Waals surface area contributed by atoms with E-state index in [0.29, 0.717) is 0 Å². The predicted molar refractivity (Wildman–Crippen MR) is 98.5 cm³/mol. The van der Waals surface area contributed by atoms with Crippen molar-refractivity contribution in [1.82, 2.24) is 4.98 Å². The predicted octanol–water partition coefficient (Wildman–Crippen LogP) is 5.74. The van der Waals surface area contributed by atoms with Crippen LogP contribution >= 0.6 is 27.5 Å². The first-order valence-electron chi connectivity index (χ1n) is 6.87. The van der Waals surface area contributed by atoms with Crippen molar-refractivity contribution in [3.63, 3.8) is 0 Å². The lowest BCUT2D eigenvalue weighted by Gasteiger charge is -2.16. The van der Waals surface area contributed by atoms with Crippen molar-refractivity contribution < 1.29 is 0 Å². The van der Waals surface area contributed by atoms with Gasteiger partial charge >= 0.3 is 0 Å². The Kier molecular flexibility index (Phi) is 4.23. The molecular formula is C17H15BrClN3. The molecule has 0 saturated carbocycles. The van der Waals surface area contributed by atoms with E-state index < -0.39 is 0 Å². The van der Waals surface area contributed by atoms with Crippen LogP contribution in [0, 0.1) is 6.92 Å². The molecule has 1 aromatic heterocycles. The van der Waals surface area contributed by atoms with Crippen LogP contribution in [0.3, 0.4) is 0 Å². The van der Waals surface area contributed by atoms with Gasteiger partial charge in [-0.15, -0.1) is 0 Å². The van der Waals surface area contributed by atoms with Crippen LogP contribution < -0.4 is 10.6 Å². The van der Waals surface area contributed by atoms with Gasteiger partial charge in [0.05, 0.1) is 23.1 Å². The average Bonchev–Trinajstić information content (AvgIpc) is 2.50. The summed E-state index contributed by atoms with van der Waals surface area (Å²) in [6.45, 7) is 2.03. The van der Waals surface area contributed by atoms with Crippen LogP contribution in [-0.2, 0) is 0 Å². The minimum absolute atomic E-state index is 0.735. The molecular weight excluding hydrogens is 362 g/mol. The van der Waals surface area contributed by atoms with Crippen LogP contribution in [0.5, 0.6) is 0 Å². The van der Waals surface area contributed by atoms with Gasteiger partial charge in [0.2, 0.25) is 0 Å². The van der Waals surface area contributed by atoms with Gasteiger partial charge in [-0.25, -0.2) is 0 Å². The first-order chi connectivity index (χ1) is 10.6. The summed E-state index contributed by atoms with van der Waals surface area (Å²) in [5, 5.41) is 8.49. The quantitative estimate of drug-likeness (QED) is 0.611. The fourth-order valence-electron chi connectivity index (χ4n) is 2.39. The minimum atomic E-state index is 0.735. The molecule has 2 N–H and O–H groups in total. The van der Waals surface area contributed by atoms with Gasteiger partial charge in [-0.05, 0) is 48.9 Å². The van der Waals surface area contributed by atoms with E-state index in [1.54, 1.807) is 0 Å². The van der Waals surface area contributed by atoms with E-state index in [1.807, 2.05) is 50.5 Å². The normalized spacial score (nSPS) is 10.7. The number of aryl methyl sites for hydroxylation is 1. The van der Waals surface area contributed by atoms with Gasteiger partial charge < -0.3 is 10.6 Å². The summed E-state index contributed by atoms with van der Waals surface area (Å²) in [6, 6.07) is 11.9. The number of hydrogen-bond acceptors (Lipinski definition) is 3. The van der Waals surface area contributed by atoms with E-state index in [-0.39, 0.29) is 0 Å². The van der Waals surface area contributed by atoms with E-state index in [0.717, 1.165) is 43.0 Å². The van der Waals surface area contributed by atoms with Crippen LogP contribution in [0.15, 0.2) is 47.1 Å². The molecule has 0 amide bonds. The summed E-state index contributed by atoms with van der Waals surface area (Å²) in [5.74, 6) is 0. The third-order valence-electron chi connectivity index (χ3n) is 3.55. The average molecular weight is 377 g/mol. The highest BCUT2D eigenvalue weighted by atomic mass is 79.9. The van der Waals surface area contributed by atoms with Crippen LogP contribution in [0.2, 0.25) is 5.02 Å². The monoisotopic (exact) mass is 375 g/mol. The highest BCUT2D eigenvalue weighted by molar-refractivity contribution is 9.10. The lowest BCUT2D eigenvalue weighted by molar-refractivity contribution is 1.36. The molecule has 1 heterocycles. The summed E-state index contributed by atoms with van der Waals surface area (Å²) in [5.41, 5.74) is 5.00. The fraction of sp³-hybridized carbons (Fsp3) is 0.118. The third kappa shape index (κ3) is 2.89. The van der Waals surface area contributed by atoms with Gasteiger partial charge in [0, 0.05) is 27.6 Å². The molecule has 0 bridgehead atoms. The second-order valence-corrected chi connectivity index (χ2v) is 6.39. The van der Waals surface area contributed by atoms with Crippen LogP contribution in [0.4, 0.5) is 17.1 Å². The summed E-state index contributed by atoms with van der Waals surface area (Å²) in [4.78, 5) is 4.49. The number of rotatable bonds is 3. The van der Waals surface area contributed by atoms with E-state index in [9.17, 15) is 0 Å². The Morgan fingerprint density at radius 2 is 1.91 bits per heavy atom. The van der Waals surface area contributed by atoms with Crippen molar-refractivity contribution in [3.05, 3.63) is 57.7 Å². The van der Waals surface area contributed by atoms with Gasteiger partial charge in [0.1, 0.15) is 0 Å². The molecule has 0 aliphatic carbocycles. The van der Waals surface area contributed by atoms with Crippen molar-refractivity contribution in [2.75, 3.05) is 17.7 Å². The molecule has 3 aromatic rings. The number of aromatic nitrogens is 1. The van der Waals surface area contributed by atoms with Crippen molar-refractivity contribution in [1.29, 1.82) is 0 Å². The van der Waals surface area contributed by atoms with Gasteiger partial charge in [0.15, 0.2) is 0 Å². The maximum atomic E-state index is 6.04. The van der Waals surface area contributed by atoms with Gasteiger partial charge in [-0.3, -0.25) is 4.98 Å². The number of anilines is 3. The standard InChI is InChI=1S/C17H15BrClN3/c1-10-7-12(19)4-6-14(10)22-17-13-8-11(18)3-5-15(13)21-9-16(17)20-2/h3-9,20H,1-2H3,(H,21,22). The molecule has 0 spiro atoms. The maximum Gasteiger partial charge on any atom is 0.0770 e. The van der Waals surface area contributed by atoms with Crippen molar-refractivity contribution in [2.24, 2.45) is 0 Å². The summed E-state index contributed by atoms with van der Waals surface area (Å²) in [6.07, 6.45) is 1.84. The van der Waals surface area contributed by atoms with Crippen LogP contribution in [0.1, 0.15) is 5.56 Å². The molecule has 0 unspecified atom stereocenters. The molecule has 112 valence electrons. The summed E-state index contributed by atoms with van der Waals surface area (Å²) in [7, 11) is 1.89. The summed E-state index contributed by atoms with van der Waals surface area (Å²) < 4.78 is 1.02. The first-order valence-corrected chi connectivity index (χ1v) is 8.05. The molecule has 0 aliphatic heterocycles. The number of benzene rings is 2. The molecule has 0 fully saturated rings. The molecule has 22 heavy (non-hydrogen) atoms. The van der Waals surface area contributed by atoms with E-state index in [2.05, 4.69) is 37.6 Å². The highest BCUT2D eigenvalue weighted by Crippen LogP contribution is 2.35. The van der Waals surface area contributed by atoms with Crippen LogP contribution in [0.25, 0.3) is 10.9 Å². The number of nitrogens with zero attached hydrogens (tertiary/aromatic N) is 1. The second-order valence-electron chi connectivity index (χ2n) is 5.04. The zero-order valence-electron chi connectivity index (χ0n) is 12.2. The Balaban J connectivity index is 2.17.